The van der Waals surface area contributed by atoms with E-state index in [1.807, 2.05) is 20.8 Å². The molecule has 2 rings (SSSR count). The number of nitrogens with zero attached hydrogens (tertiary/aromatic N) is 3. The number of rotatable bonds is 15. The van der Waals surface area contributed by atoms with Crippen LogP contribution in [0, 0.1) is 17.8 Å². The number of carboxylic acid groups (broad SMARTS) is 1. The maximum atomic E-state index is 13.4. The van der Waals surface area contributed by atoms with Gasteiger partial charge in [-0.2, -0.15) is 0 Å². The quantitative estimate of drug-likeness (QED) is 0.279. The highest BCUT2D eigenvalue weighted by molar-refractivity contribution is 7.09. The van der Waals surface area contributed by atoms with Gasteiger partial charge in [-0.1, -0.05) is 53.2 Å². The number of carboxylic acids is 1. The van der Waals surface area contributed by atoms with Crippen molar-refractivity contribution in [1.82, 2.24) is 14.8 Å². The van der Waals surface area contributed by atoms with Crippen molar-refractivity contribution in [2.75, 3.05) is 21.2 Å². The number of thiazole rings is 1. The van der Waals surface area contributed by atoms with Gasteiger partial charge in [0.25, 0.3) is 5.91 Å². The summed E-state index contributed by atoms with van der Waals surface area (Å²) in [6, 6.07) is 5.61. The minimum atomic E-state index is -1.14. The number of benzene rings is 1. The number of carbonyl (C=O) groups excluding carboxylic acids is 3. The van der Waals surface area contributed by atoms with E-state index in [0.29, 0.717) is 17.2 Å². The summed E-state index contributed by atoms with van der Waals surface area (Å²) in [5.41, 5.74) is 0.796. The molecule has 0 fully saturated rings. The first-order valence-corrected chi connectivity index (χ1v) is 15.1. The Kier molecular flexibility index (Phi) is 13.0. The number of hydrogen-bond donors (Lipinski definition) is 1. The molecule has 10 nitrogen and oxygen atoms in total. The Hall–Kier alpha value is -3.47. The first-order valence-electron chi connectivity index (χ1n) is 14.2. The van der Waals surface area contributed by atoms with Crippen molar-refractivity contribution in [3.63, 3.8) is 0 Å². The summed E-state index contributed by atoms with van der Waals surface area (Å²) in [5, 5.41) is 11.9. The van der Waals surface area contributed by atoms with Crippen molar-refractivity contribution in [1.29, 1.82) is 0 Å². The van der Waals surface area contributed by atoms with E-state index in [9.17, 15) is 24.3 Å². The molecule has 0 saturated carbocycles. The summed E-state index contributed by atoms with van der Waals surface area (Å²) in [7, 11) is 4.75. The van der Waals surface area contributed by atoms with Gasteiger partial charge in [0.05, 0.1) is 7.11 Å². The zero-order chi connectivity index (χ0) is 31.7. The third kappa shape index (κ3) is 9.01. The van der Waals surface area contributed by atoms with E-state index in [1.165, 1.54) is 14.0 Å². The van der Waals surface area contributed by atoms with Crippen molar-refractivity contribution in [2.45, 2.75) is 79.0 Å². The standard InChI is InChI=1S/C31H45N3O7S/c1-10-19(4)20(5)29(36)33(7)25(18(2)3)16-27(41-21(6)35)28-32-24(17-42-28)30(37)34(8)26(31(38)39)15-22-11-13-23(40-9)14-12-22/h11-14,17-20,25-27H,10,15-16H2,1-9H3,(H,38,39)/t19-,20?,25+,26-,27+/m0/s1. The normalized spacial score (nSPS) is 14.8. The van der Waals surface area contributed by atoms with Crippen molar-refractivity contribution in [3.05, 3.63) is 45.9 Å². The van der Waals surface area contributed by atoms with Gasteiger partial charge < -0.3 is 24.4 Å². The van der Waals surface area contributed by atoms with Gasteiger partial charge in [-0.25, -0.2) is 9.78 Å². The minimum absolute atomic E-state index is 0.0258. The van der Waals surface area contributed by atoms with Crippen LogP contribution in [0.2, 0.25) is 0 Å². The molecule has 1 aromatic carbocycles. The lowest BCUT2D eigenvalue weighted by Crippen LogP contribution is -2.45. The highest BCUT2D eigenvalue weighted by atomic mass is 32.1. The van der Waals surface area contributed by atoms with Crippen molar-refractivity contribution < 1.29 is 33.8 Å². The summed E-state index contributed by atoms with van der Waals surface area (Å²) in [6.07, 6.45) is 0.505. The summed E-state index contributed by atoms with van der Waals surface area (Å²) in [6.45, 7) is 11.4. The third-order valence-electron chi connectivity index (χ3n) is 7.94. The van der Waals surface area contributed by atoms with Crippen LogP contribution in [0.25, 0.3) is 0 Å². The molecule has 11 heteroatoms. The smallest absolute Gasteiger partial charge is 0.326 e. The van der Waals surface area contributed by atoms with E-state index in [4.69, 9.17) is 9.47 Å². The van der Waals surface area contributed by atoms with Gasteiger partial charge in [0, 0.05) is 51.2 Å². The number of aliphatic carboxylic acids is 1. The molecule has 0 aliphatic carbocycles. The van der Waals surface area contributed by atoms with Gasteiger partial charge in [-0.3, -0.25) is 14.4 Å². The number of carbonyl (C=O) groups is 4. The number of ether oxygens (including phenoxy) is 2. The molecule has 0 aliphatic heterocycles. The lowest BCUT2D eigenvalue weighted by atomic mass is 9.90. The second-order valence-electron chi connectivity index (χ2n) is 11.2. The first kappa shape index (κ1) is 34.7. The van der Waals surface area contributed by atoms with Crippen LogP contribution >= 0.6 is 11.3 Å². The molecule has 1 unspecified atom stereocenters. The molecule has 42 heavy (non-hydrogen) atoms. The summed E-state index contributed by atoms with van der Waals surface area (Å²) < 4.78 is 10.8. The van der Waals surface area contributed by atoms with Crippen LogP contribution in [-0.4, -0.2) is 76.9 Å². The molecule has 1 N–H and O–H groups in total. The van der Waals surface area contributed by atoms with E-state index in [0.717, 1.165) is 28.2 Å². The minimum Gasteiger partial charge on any atom is -0.497 e. The fourth-order valence-corrected chi connectivity index (χ4v) is 5.64. The van der Waals surface area contributed by atoms with Crippen molar-refractivity contribution >= 4 is 35.1 Å². The van der Waals surface area contributed by atoms with Crippen LogP contribution in [-0.2, 0) is 25.5 Å². The van der Waals surface area contributed by atoms with E-state index in [2.05, 4.69) is 18.8 Å². The number of esters is 1. The second kappa shape index (κ2) is 15.7. The van der Waals surface area contributed by atoms with Gasteiger partial charge in [-0.05, 0) is 29.5 Å². The molecule has 2 amide bonds. The predicted octanol–water partition coefficient (Wildman–Crippen LogP) is 5.08. The number of methoxy groups -OCH3 is 1. The number of aromatic nitrogens is 1. The van der Waals surface area contributed by atoms with Crippen LogP contribution in [0.3, 0.4) is 0 Å². The Morgan fingerprint density at radius 1 is 1.02 bits per heavy atom. The molecule has 0 radical (unpaired) electrons. The Balaban J connectivity index is 2.29. The largest absolute Gasteiger partial charge is 0.497 e. The molecule has 0 saturated heterocycles. The zero-order valence-electron chi connectivity index (χ0n) is 26.1. The molecule has 2 aromatic rings. The lowest BCUT2D eigenvalue weighted by Gasteiger charge is -2.36. The molecule has 1 heterocycles. The molecule has 0 spiro atoms. The highest BCUT2D eigenvalue weighted by Crippen LogP contribution is 2.32. The van der Waals surface area contributed by atoms with E-state index in [-0.39, 0.29) is 41.8 Å². The van der Waals surface area contributed by atoms with E-state index >= 15 is 0 Å². The topological polar surface area (TPSA) is 126 Å². The molecule has 1 aromatic heterocycles. The van der Waals surface area contributed by atoms with Gasteiger partial charge in [0.1, 0.15) is 22.5 Å². The van der Waals surface area contributed by atoms with E-state index in [1.54, 1.807) is 48.7 Å². The summed E-state index contributed by atoms with van der Waals surface area (Å²) in [4.78, 5) is 58.2. The third-order valence-corrected chi connectivity index (χ3v) is 8.88. The highest BCUT2D eigenvalue weighted by Gasteiger charge is 2.34. The Bertz CT molecular complexity index is 1210. The molecule has 0 aliphatic rings. The Morgan fingerprint density at radius 2 is 1.64 bits per heavy atom. The molecule has 5 atom stereocenters. The van der Waals surface area contributed by atoms with Crippen LogP contribution < -0.4 is 4.74 Å². The van der Waals surface area contributed by atoms with Crippen LogP contribution in [0.5, 0.6) is 5.75 Å². The summed E-state index contributed by atoms with van der Waals surface area (Å²) in [5.74, 6) is -1.42. The number of likely N-dealkylation sites (N-methyl/N-ethyl adjacent to an activating group) is 1. The fraction of sp³-hybridized carbons (Fsp3) is 0.581. The zero-order valence-corrected chi connectivity index (χ0v) is 26.9. The van der Waals surface area contributed by atoms with Gasteiger partial charge in [0.2, 0.25) is 5.91 Å². The average molecular weight is 604 g/mol. The second-order valence-corrected chi connectivity index (χ2v) is 12.1. The predicted molar refractivity (Wildman–Crippen MR) is 161 cm³/mol. The van der Waals surface area contributed by atoms with E-state index < -0.39 is 30.0 Å². The molecule has 0 bridgehead atoms. The fourth-order valence-electron chi connectivity index (χ4n) is 4.81. The summed E-state index contributed by atoms with van der Waals surface area (Å²) >= 11 is 1.16. The van der Waals surface area contributed by atoms with Crippen LogP contribution in [0.4, 0.5) is 0 Å². The maximum absolute atomic E-state index is 13.4. The van der Waals surface area contributed by atoms with Gasteiger partial charge in [0.15, 0.2) is 6.10 Å². The van der Waals surface area contributed by atoms with Crippen molar-refractivity contribution in [2.24, 2.45) is 17.8 Å². The number of hydrogen-bond acceptors (Lipinski definition) is 8. The number of amides is 2. The lowest BCUT2D eigenvalue weighted by molar-refractivity contribution is -0.149. The van der Waals surface area contributed by atoms with Crippen molar-refractivity contribution in [3.8, 4) is 5.75 Å². The van der Waals surface area contributed by atoms with Crippen LogP contribution in [0.1, 0.15) is 81.5 Å². The first-order chi connectivity index (χ1) is 19.7. The molecular formula is C31H45N3O7S. The molecular weight excluding hydrogens is 558 g/mol. The average Bonchev–Trinajstić information content (AvgIpc) is 3.45. The Labute approximate surface area is 253 Å². The van der Waals surface area contributed by atoms with Gasteiger partial charge >= 0.3 is 11.9 Å². The van der Waals surface area contributed by atoms with Crippen LogP contribution in [0.15, 0.2) is 29.6 Å². The SMILES string of the molecule is CC[C@H](C)C(C)C(=O)N(C)[C@H](C[C@@H](OC(C)=O)c1nc(C(=O)N(C)[C@@H](Cc2ccc(OC)cc2)C(=O)O)cs1)C(C)C. The maximum Gasteiger partial charge on any atom is 0.326 e. The monoisotopic (exact) mass is 603 g/mol. The molecule has 232 valence electrons. The van der Waals surface area contributed by atoms with Gasteiger partial charge in [-0.15, -0.1) is 11.3 Å². The Morgan fingerprint density at radius 3 is 2.14 bits per heavy atom.